The Morgan fingerprint density at radius 3 is 2.46 bits per heavy atom. The van der Waals surface area contributed by atoms with Crippen LogP contribution in [0.25, 0.3) is 0 Å². The van der Waals surface area contributed by atoms with Crippen molar-refractivity contribution in [1.29, 1.82) is 0 Å². The second-order valence-corrected chi connectivity index (χ2v) is 2.36. The highest BCUT2D eigenvalue weighted by Crippen LogP contribution is 2.07. The maximum atomic E-state index is 11.2. The van der Waals surface area contributed by atoms with Crippen LogP contribution in [0.3, 0.4) is 0 Å². The summed E-state index contributed by atoms with van der Waals surface area (Å²) >= 11 is 0. The van der Waals surface area contributed by atoms with E-state index in [9.17, 15) is 4.79 Å². The average molecular weight is 182 g/mol. The molecule has 0 bridgehead atoms. The van der Waals surface area contributed by atoms with Gasteiger partial charge in [0.15, 0.2) is 0 Å². The number of rotatable bonds is 5. The van der Waals surface area contributed by atoms with Crippen molar-refractivity contribution < 1.29 is 14.6 Å². The first kappa shape index (κ1) is 11.6. The molecule has 0 heterocycles. The Labute approximate surface area is 78.0 Å². The molecule has 0 saturated heterocycles. The van der Waals surface area contributed by atoms with Crippen LogP contribution in [0.15, 0.2) is 36.5 Å². The number of hydrogen-bond donors (Lipinski definition) is 1. The molecule has 0 aromatic rings. The summed E-state index contributed by atoms with van der Waals surface area (Å²) in [5, 5.41) is 8.43. The number of hydrogen-bond acceptors (Lipinski definition) is 3. The molecular weight excluding hydrogens is 168 g/mol. The number of ether oxygens (including phenoxy) is 1. The molecule has 13 heavy (non-hydrogen) atoms. The van der Waals surface area contributed by atoms with Crippen molar-refractivity contribution in [2.75, 3.05) is 13.2 Å². The van der Waals surface area contributed by atoms with Gasteiger partial charge in [-0.25, -0.2) is 4.79 Å². The first-order valence-corrected chi connectivity index (χ1v) is 3.91. The van der Waals surface area contributed by atoms with Gasteiger partial charge in [0.05, 0.1) is 12.2 Å². The van der Waals surface area contributed by atoms with Crippen molar-refractivity contribution in [3.63, 3.8) is 0 Å². The lowest BCUT2D eigenvalue weighted by Gasteiger charge is -2.04. The normalized spacial score (nSPS) is 11.5. The monoisotopic (exact) mass is 182 g/mol. The van der Waals surface area contributed by atoms with Gasteiger partial charge in [0.2, 0.25) is 0 Å². The van der Waals surface area contributed by atoms with Crippen LogP contribution in [0.4, 0.5) is 0 Å². The Bertz CT molecular complexity index is 239. The SMILES string of the molecule is C=CC(C)=C(C=C)C(=O)OCCO. The van der Waals surface area contributed by atoms with Gasteiger partial charge >= 0.3 is 5.97 Å². The largest absolute Gasteiger partial charge is 0.460 e. The molecule has 0 atom stereocenters. The summed E-state index contributed by atoms with van der Waals surface area (Å²) in [6.07, 6.45) is 2.97. The van der Waals surface area contributed by atoms with Crippen molar-refractivity contribution in [1.82, 2.24) is 0 Å². The van der Waals surface area contributed by atoms with Gasteiger partial charge in [-0.2, -0.15) is 0 Å². The van der Waals surface area contributed by atoms with Crippen LogP contribution in [-0.2, 0) is 9.53 Å². The third-order valence-corrected chi connectivity index (χ3v) is 1.48. The molecule has 3 heteroatoms. The number of esters is 1. The molecule has 0 amide bonds. The van der Waals surface area contributed by atoms with E-state index in [0.717, 1.165) is 0 Å². The van der Waals surface area contributed by atoms with Crippen molar-refractivity contribution in [3.8, 4) is 0 Å². The molecule has 0 aromatic heterocycles. The van der Waals surface area contributed by atoms with E-state index in [4.69, 9.17) is 9.84 Å². The first-order chi connectivity index (χ1) is 6.17. The zero-order valence-electron chi connectivity index (χ0n) is 7.75. The number of aliphatic hydroxyl groups excluding tert-OH is 1. The molecule has 0 aliphatic carbocycles. The van der Waals surface area contributed by atoms with Crippen LogP contribution in [0.2, 0.25) is 0 Å². The Morgan fingerprint density at radius 2 is 2.08 bits per heavy atom. The van der Waals surface area contributed by atoms with Gasteiger partial charge in [0, 0.05) is 0 Å². The van der Waals surface area contributed by atoms with Gasteiger partial charge in [-0.05, 0) is 12.5 Å². The lowest BCUT2D eigenvalue weighted by molar-refractivity contribution is -0.139. The summed E-state index contributed by atoms with van der Waals surface area (Å²) in [6, 6.07) is 0. The van der Waals surface area contributed by atoms with E-state index in [1.54, 1.807) is 13.0 Å². The lowest BCUT2D eigenvalue weighted by Crippen LogP contribution is -2.10. The van der Waals surface area contributed by atoms with E-state index in [0.29, 0.717) is 11.1 Å². The molecule has 0 fully saturated rings. The second-order valence-electron chi connectivity index (χ2n) is 2.36. The summed E-state index contributed by atoms with van der Waals surface area (Å²) in [7, 11) is 0. The number of aliphatic hydroxyl groups is 1. The molecule has 0 aliphatic rings. The molecule has 1 N–H and O–H groups in total. The summed E-state index contributed by atoms with van der Waals surface area (Å²) < 4.78 is 4.70. The van der Waals surface area contributed by atoms with E-state index in [1.165, 1.54) is 6.08 Å². The molecule has 0 unspecified atom stereocenters. The van der Waals surface area contributed by atoms with Crippen LogP contribution in [0.5, 0.6) is 0 Å². The Kier molecular flexibility index (Phi) is 5.55. The highest BCUT2D eigenvalue weighted by Gasteiger charge is 2.08. The van der Waals surface area contributed by atoms with Crippen LogP contribution in [-0.4, -0.2) is 24.3 Å². The highest BCUT2D eigenvalue weighted by molar-refractivity contribution is 5.92. The first-order valence-electron chi connectivity index (χ1n) is 3.91. The molecule has 0 spiro atoms. The molecule has 0 rings (SSSR count). The van der Waals surface area contributed by atoms with Gasteiger partial charge in [0.25, 0.3) is 0 Å². The van der Waals surface area contributed by atoms with E-state index in [-0.39, 0.29) is 13.2 Å². The van der Waals surface area contributed by atoms with Crippen LogP contribution in [0, 0.1) is 0 Å². The fraction of sp³-hybridized carbons (Fsp3) is 0.300. The molecule has 0 saturated carbocycles. The van der Waals surface area contributed by atoms with E-state index < -0.39 is 5.97 Å². The highest BCUT2D eigenvalue weighted by atomic mass is 16.5. The average Bonchev–Trinajstić information content (AvgIpc) is 2.15. The standard InChI is InChI=1S/C10H14O3/c1-4-8(3)9(5-2)10(12)13-7-6-11/h4-5,11H,1-2,6-7H2,3H3. The number of carbonyl (C=O) groups is 1. The van der Waals surface area contributed by atoms with E-state index >= 15 is 0 Å². The predicted molar refractivity (Wildman–Crippen MR) is 51.1 cm³/mol. The third-order valence-electron chi connectivity index (χ3n) is 1.48. The number of allylic oxidation sites excluding steroid dienone is 2. The van der Waals surface area contributed by atoms with Crippen molar-refractivity contribution in [2.24, 2.45) is 0 Å². The maximum absolute atomic E-state index is 11.2. The quantitative estimate of drug-likeness (QED) is 0.395. The Hall–Kier alpha value is -1.35. The van der Waals surface area contributed by atoms with Crippen molar-refractivity contribution in [2.45, 2.75) is 6.92 Å². The molecule has 0 aromatic carbocycles. The number of carbonyl (C=O) groups excluding carboxylic acids is 1. The predicted octanol–water partition coefficient (Wildman–Crippen LogP) is 1.21. The van der Waals surface area contributed by atoms with Gasteiger partial charge < -0.3 is 9.84 Å². The Morgan fingerprint density at radius 1 is 1.46 bits per heavy atom. The summed E-state index contributed by atoms with van der Waals surface area (Å²) in [6.45, 7) is 8.58. The lowest BCUT2D eigenvalue weighted by atomic mass is 10.1. The minimum atomic E-state index is -0.485. The smallest absolute Gasteiger partial charge is 0.338 e. The Balaban J connectivity index is 4.50. The van der Waals surface area contributed by atoms with Gasteiger partial charge in [-0.1, -0.05) is 25.3 Å². The summed E-state index contributed by atoms with van der Waals surface area (Å²) in [5.74, 6) is -0.485. The fourth-order valence-corrected chi connectivity index (χ4v) is 0.731. The molecular formula is C10H14O3. The molecule has 0 aliphatic heterocycles. The maximum Gasteiger partial charge on any atom is 0.338 e. The fourth-order valence-electron chi connectivity index (χ4n) is 0.731. The summed E-state index contributed by atoms with van der Waals surface area (Å²) in [5.41, 5.74) is 1.08. The van der Waals surface area contributed by atoms with Gasteiger partial charge in [-0.3, -0.25) is 0 Å². The molecule has 0 radical (unpaired) electrons. The van der Waals surface area contributed by atoms with E-state index in [1.807, 2.05) is 0 Å². The zero-order chi connectivity index (χ0) is 10.3. The molecule has 3 nitrogen and oxygen atoms in total. The van der Waals surface area contributed by atoms with Crippen LogP contribution in [0.1, 0.15) is 6.92 Å². The van der Waals surface area contributed by atoms with E-state index in [2.05, 4.69) is 13.2 Å². The van der Waals surface area contributed by atoms with Crippen LogP contribution < -0.4 is 0 Å². The minimum Gasteiger partial charge on any atom is -0.460 e. The zero-order valence-corrected chi connectivity index (χ0v) is 7.75. The topological polar surface area (TPSA) is 46.5 Å². The molecule has 72 valence electrons. The van der Waals surface area contributed by atoms with Gasteiger partial charge in [0.1, 0.15) is 6.61 Å². The summed E-state index contributed by atoms with van der Waals surface area (Å²) in [4.78, 5) is 11.2. The van der Waals surface area contributed by atoms with Crippen molar-refractivity contribution in [3.05, 3.63) is 36.5 Å². The third kappa shape index (κ3) is 3.71. The van der Waals surface area contributed by atoms with Crippen molar-refractivity contribution >= 4 is 5.97 Å². The second kappa shape index (κ2) is 6.20. The van der Waals surface area contributed by atoms with Crippen LogP contribution >= 0.6 is 0 Å². The minimum absolute atomic E-state index is 0.000591. The van der Waals surface area contributed by atoms with Gasteiger partial charge in [-0.15, -0.1) is 0 Å².